The number of nitrogens with one attached hydrogen (secondary N) is 1. The molecule has 1 N–H and O–H groups in total. The van der Waals surface area contributed by atoms with E-state index in [1.807, 2.05) is 17.5 Å². The van der Waals surface area contributed by atoms with Gasteiger partial charge in [-0.05, 0) is 24.1 Å². The Morgan fingerprint density at radius 3 is 3.00 bits per heavy atom. The summed E-state index contributed by atoms with van der Waals surface area (Å²) in [5.74, 6) is 1.11. The van der Waals surface area contributed by atoms with Crippen molar-refractivity contribution in [1.82, 2.24) is 10.3 Å². The number of amides is 1. The number of carbonyl (C=O) groups excluding carboxylic acids is 1. The van der Waals surface area contributed by atoms with Gasteiger partial charge in [-0.15, -0.1) is 11.3 Å². The van der Waals surface area contributed by atoms with Gasteiger partial charge >= 0.3 is 0 Å². The van der Waals surface area contributed by atoms with Crippen LogP contribution in [0.3, 0.4) is 0 Å². The number of nitrogens with zero attached hydrogens (tertiary/aromatic N) is 1. The quantitative estimate of drug-likeness (QED) is 0.855. The van der Waals surface area contributed by atoms with E-state index in [4.69, 9.17) is 4.74 Å². The second kappa shape index (κ2) is 7.78. The van der Waals surface area contributed by atoms with E-state index in [1.165, 1.54) is 0 Å². The van der Waals surface area contributed by atoms with E-state index in [0.29, 0.717) is 24.6 Å². The standard InChI is InChI=1S/C16H20N2O2S/c1-12(2)11-20-14-5-3-4-13(10-14)16(19)18-7-6-15-17-8-9-21-15/h3-5,8-10,12H,6-7,11H2,1-2H3,(H,18,19). The zero-order valence-corrected chi connectivity index (χ0v) is 13.2. The van der Waals surface area contributed by atoms with Gasteiger partial charge in [0.1, 0.15) is 5.75 Å². The molecule has 1 aromatic heterocycles. The molecule has 0 aliphatic carbocycles. The van der Waals surface area contributed by atoms with Crippen LogP contribution in [0.25, 0.3) is 0 Å². The third-order valence-corrected chi connectivity index (χ3v) is 3.63. The largest absolute Gasteiger partial charge is 0.493 e. The highest BCUT2D eigenvalue weighted by atomic mass is 32.1. The summed E-state index contributed by atoms with van der Waals surface area (Å²) in [6, 6.07) is 7.28. The minimum absolute atomic E-state index is 0.0819. The number of ether oxygens (including phenoxy) is 1. The van der Waals surface area contributed by atoms with Crippen LogP contribution in [0.5, 0.6) is 5.75 Å². The van der Waals surface area contributed by atoms with Gasteiger partial charge in [-0.25, -0.2) is 4.98 Å². The first kappa shape index (κ1) is 15.5. The average molecular weight is 304 g/mol. The molecule has 0 saturated carbocycles. The van der Waals surface area contributed by atoms with Crippen LogP contribution < -0.4 is 10.1 Å². The van der Waals surface area contributed by atoms with Crippen molar-refractivity contribution in [2.45, 2.75) is 20.3 Å². The molecule has 1 amide bonds. The van der Waals surface area contributed by atoms with Gasteiger partial charge in [0, 0.05) is 30.1 Å². The van der Waals surface area contributed by atoms with Crippen LogP contribution >= 0.6 is 11.3 Å². The van der Waals surface area contributed by atoms with E-state index in [-0.39, 0.29) is 5.91 Å². The van der Waals surface area contributed by atoms with Crippen molar-refractivity contribution in [3.8, 4) is 5.75 Å². The first-order valence-corrected chi connectivity index (χ1v) is 7.92. The Labute approximate surface area is 129 Å². The van der Waals surface area contributed by atoms with Gasteiger partial charge in [-0.2, -0.15) is 0 Å². The first-order valence-electron chi connectivity index (χ1n) is 7.04. The van der Waals surface area contributed by atoms with Gasteiger partial charge in [0.2, 0.25) is 0 Å². The van der Waals surface area contributed by atoms with E-state index in [1.54, 1.807) is 29.7 Å². The van der Waals surface area contributed by atoms with Crippen LogP contribution in [0.2, 0.25) is 0 Å². The van der Waals surface area contributed by atoms with Crippen LogP contribution in [0, 0.1) is 5.92 Å². The molecular formula is C16H20N2O2S. The van der Waals surface area contributed by atoms with Crippen LogP contribution in [-0.4, -0.2) is 24.0 Å². The van der Waals surface area contributed by atoms with E-state index < -0.39 is 0 Å². The minimum Gasteiger partial charge on any atom is -0.493 e. The molecule has 0 spiro atoms. The third-order valence-electron chi connectivity index (χ3n) is 2.79. The molecule has 112 valence electrons. The van der Waals surface area contributed by atoms with Gasteiger partial charge in [0.25, 0.3) is 5.91 Å². The second-order valence-corrected chi connectivity index (χ2v) is 6.14. The maximum atomic E-state index is 12.1. The molecule has 1 aromatic carbocycles. The van der Waals surface area contributed by atoms with E-state index in [0.717, 1.165) is 17.2 Å². The fourth-order valence-electron chi connectivity index (χ4n) is 1.75. The second-order valence-electron chi connectivity index (χ2n) is 5.16. The summed E-state index contributed by atoms with van der Waals surface area (Å²) >= 11 is 1.60. The zero-order valence-electron chi connectivity index (χ0n) is 12.3. The van der Waals surface area contributed by atoms with Crippen molar-refractivity contribution in [2.75, 3.05) is 13.2 Å². The molecule has 21 heavy (non-hydrogen) atoms. The van der Waals surface area contributed by atoms with Crippen LogP contribution in [0.4, 0.5) is 0 Å². The molecule has 0 unspecified atom stereocenters. The summed E-state index contributed by atoms with van der Waals surface area (Å²) in [7, 11) is 0. The monoisotopic (exact) mass is 304 g/mol. The molecule has 0 aliphatic rings. The fourth-order valence-corrected chi connectivity index (χ4v) is 2.37. The Morgan fingerprint density at radius 2 is 2.29 bits per heavy atom. The molecule has 4 nitrogen and oxygen atoms in total. The number of rotatable bonds is 7. The Kier molecular flexibility index (Phi) is 5.75. The maximum absolute atomic E-state index is 12.1. The van der Waals surface area contributed by atoms with Gasteiger partial charge in [0.15, 0.2) is 0 Å². The van der Waals surface area contributed by atoms with Crippen LogP contribution in [0.15, 0.2) is 35.8 Å². The molecule has 0 fully saturated rings. The van der Waals surface area contributed by atoms with Crippen molar-refractivity contribution < 1.29 is 9.53 Å². The number of benzene rings is 1. The van der Waals surface area contributed by atoms with Crippen molar-refractivity contribution in [3.05, 3.63) is 46.4 Å². The molecule has 0 bridgehead atoms. The number of hydrogen-bond donors (Lipinski definition) is 1. The highest BCUT2D eigenvalue weighted by Gasteiger charge is 2.07. The summed E-state index contributed by atoms with van der Waals surface area (Å²) in [5, 5.41) is 5.87. The summed E-state index contributed by atoms with van der Waals surface area (Å²) in [5.41, 5.74) is 0.621. The number of thiazole rings is 1. The molecule has 2 rings (SSSR count). The lowest BCUT2D eigenvalue weighted by Crippen LogP contribution is -2.25. The summed E-state index contributed by atoms with van der Waals surface area (Å²) in [6.07, 6.45) is 2.53. The number of aromatic nitrogens is 1. The maximum Gasteiger partial charge on any atom is 0.251 e. The Morgan fingerprint density at radius 1 is 1.43 bits per heavy atom. The SMILES string of the molecule is CC(C)COc1cccc(C(=O)NCCc2nccs2)c1. The Hall–Kier alpha value is -1.88. The molecule has 0 aliphatic heterocycles. The van der Waals surface area contributed by atoms with Gasteiger partial charge in [-0.1, -0.05) is 19.9 Å². The predicted octanol–water partition coefficient (Wildman–Crippen LogP) is 3.15. The Bertz CT molecular complexity index is 567. The number of carbonyl (C=O) groups is 1. The zero-order chi connectivity index (χ0) is 15.1. The molecule has 5 heteroatoms. The highest BCUT2D eigenvalue weighted by molar-refractivity contribution is 7.09. The predicted molar refractivity (Wildman–Crippen MR) is 84.9 cm³/mol. The van der Waals surface area contributed by atoms with E-state index in [9.17, 15) is 4.79 Å². The lowest BCUT2D eigenvalue weighted by molar-refractivity contribution is 0.0953. The average Bonchev–Trinajstić information content (AvgIpc) is 2.98. The molecule has 0 saturated heterocycles. The van der Waals surface area contributed by atoms with Crippen LogP contribution in [0.1, 0.15) is 29.2 Å². The van der Waals surface area contributed by atoms with Gasteiger partial charge in [0.05, 0.1) is 11.6 Å². The Balaban J connectivity index is 1.85. The third kappa shape index (κ3) is 5.19. The van der Waals surface area contributed by atoms with Crippen LogP contribution in [-0.2, 0) is 6.42 Å². The normalized spacial score (nSPS) is 10.6. The van der Waals surface area contributed by atoms with Crippen molar-refractivity contribution >= 4 is 17.2 Å². The molecule has 1 heterocycles. The minimum atomic E-state index is -0.0819. The van der Waals surface area contributed by atoms with E-state index >= 15 is 0 Å². The highest BCUT2D eigenvalue weighted by Crippen LogP contribution is 2.14. The summed E-state index contributed by atoms with van der Waals surface area (Å²) in [4.78, 5) is 16.3. The first-order chi connectivity index (χ1) is 10.1. The molecule has 0 atom stereocenters. The topological polar surface area (TPSA) is 51.2 Å². The van der Waals surface area contributed by atoms with Gasteiger partial charge < -0.3 is 10.1 Å². The lowest BCUT2D eigenvalue weighted by Gasteiger charge is -2.10. The van der Waals surface area contributed by atoms with Crippen molar-refractivity contribution in [2.24, 2.45) is 5.92 Å². The smallest absolute Gasteiger partial charge is 0.251 e. The van der Waals surface area contributed by atoms with Crippen molar-refractivity contribution in [3.63, 3.8) is 0 Å². The lowest BCUT2D eigenvalue weighted by atomic mass is 10.2. The van der Waals surface area contributed by atoms with Crippen molar-refractivity contribution in [1.29, 1.82) is 0 Å². The summed E-state index contributed by atoms with van der Waals surface area (Å²) < 4.78 is 5.63. The molecule has 2 aromatic rings. The molecule has 0 radical (unpaired) electrons. The number of hydrogen-bond acceptors (Lipinski definition) is 4. The van der Waals surface area contributed by atoms with E-state index in [2.05, 4.69) is 24.1 Å². The molecular weight excluding hydrogens is 284 g/mol. The fraction of sp³-hybridized carbons (Fsp3) is 0.375. The summed E-state index contributed by atoms with van der Waals surface area (Å²) in [6.45, 7) is 5.42. The van der Waals surface area contributed by atoms with Gasteiger partial charge in [-0.3, -0.25) is 4.79 Å².